The molecule has 2 aromatic rings. The Bertz CT molecular complexity index is 600. The predicted octanol–water partition coefficient (Wildman–Crippen LogP) is 2.89. The first kappa shape index (κ1) is 13.9. The lowest BCUT2D eigenvalue weighted by molar-refractivity contribution is 0.259. The van der Waals surface area contributed by atoms with Crippen LogP contribution in [-0.2, 0) is 13.0 Å². The first-order chi connectivity index (χ1) is 10.3. The molecule has 1 aromatic heterocycles. The number of hydrogen-bond donors (Lipinski definition) is 0. The minimum atomic E-state index is 0.929. The number of aromatic nitrogens is 1. The van der Waals surface area contributed by atoms with Crippen molar-refractivity contribution < 1.29 is 4.74 Å². The summed E-state index contributed by atoms with van der Waals surface area (Å²) in [5.74, 6) is 0.949. The van der Waals surface area contributed by atoms with Crippen molar-refractivity contribution in [3.63, 3.8) is 0 Å². The minimum absolute atomic E-state index is 0.929. The highest BCUT2D eigenvalue weighted by molar-refractivity contribution is 5.43. The van der Waals surface area contributed by atoms with Gasteiger partial charge in [-0.15, -0.1) is 0 Å². The normalized spacial score (nSPS) is 15.1. The molecule has 0 amide bonds. The molecule has 0 saturated heterocycles. The van der Waals surface area contributed by atoms with Crippen LogP contribution in [0, 0.1) is 0 Å². The number of rotatable bonds is 3. The van der Waals surface area contributed by atoms with Crippen LogP contribution in [0.2, 0.25) is 0 Å². The van der Waals surface area contributed by atoms with Crippen molar-refractivity contribution in [2.45, 2.75) is 19.4 Å². The summed E-state index contributed by atoms with van der Waals surface area (Å²) < 4.78 is 5.33. The molecule has 1 aromatic carbocycles. The average Bonchev–Trinajstić information content (AvgIpc) is 2.76. The van der Waals surface area contributed by atoms with Crippen LogP contribution < -0.4 is 9.75 Å². The lowest BCUT2D eigenvalue weighted by Gasteiger charge is -2.32. The number of hydrogen-bond acceptors (Lipinski definition) is 4. The van der Waals surface area contributed by atoms with Gasteiger partial charge in [-0.05, 0) is 48.2 Å². The molecule has 1 aliphatic heterocycles. The van der Waals surface area contributed by atoms with Crippen LogP contribution in [-0.4, -0.2) is 30.7 Å². The monoisotopic (exact) mass is 283 g/mol. The molecule has 0 aliphatic carbocycles. The highest BCUT2D eigenvalue weighted by Gasteiger charge is 2.18. The first-order valence-electron chi connectivity index (χ1n) is 7.32. The van der Waals surface area contributed by atoms with Crippen LogP contribution in [0.3, 0.4) is 0 Å². The van der Waals surface area contributed by atoms with Crippen molar-refractivity contribution >= 4 is 5.69 Å². The van der Waals surface area contributed by atoms with E-state index >= 15 is 0 Å². The number of benzene rings is 1. The fourth-order valence-electron chi connectivity index (χ4n) is 2.82. The molecule has 4 heteroatoms. The van der Waals surface area contributed by atoms with Crippen LogP contribution in [0.25, 0.3) is 0 Å². The summed E-state index contributed by atoms with van der Waals surface area (Å²) >= 11 is 0. The summed E-state index contributed by atoms with van der Waals surface area (Å²) in [7, 11) is 3.84. The molecule has 3 rings (SSSR count). The predicted molar refractivity (Wildman–Crippen MR) is 84.4 cm³/mol. The van der Waals surface area contributed by atoms with E-state index in [1.54, 1.807) is 7.11 Å². The SMILES string of the molecule is COc1ccc2c(c1)CCCN(N(C)c1ccncc1)C2. The van der Waals surface area contributed by atoms with Crippen molar-refractivity contribution in [2.75, 3.05) is 25.7 Å². The smallest absolute Gasteiger partial charge is 0.119 e. The van der Waals surface area contributed by atoms with Gasteiger partial charge in [0.25, 0.3) is 0 Å². The van der Waals surface area contributed by atoms with Crippen molar-refractivity contribution in [3.05, 3.63) is 53.9 Å². The Labute approximate surface area is 125 Å². The van der Waals surface area contributed by atoms with Gasteiger partial charge in [-0.2, -0.15) is 0 Å². The molecule has 1 aliphatic rings. The molecule has 0 N–H and O–H groups in total. The number of hydrazine groups is 1. The van der Waals surface area contributed by atoms with E-state index < -0.39 is 0 Å². The van der Waals surface area contributed by atoms with Gasteiger partial charge >= 0.3 is 0 Å². The van der Waals surface area contributed by atoms with Gasteiger partial charge in [0.15, 0.2) is 0 Å². The standard InChI is InChI=1S/C17H21N3O/c1-19(16-7-9-18-10-8-16)20-11-3-4-14-12-17(21-2)6-5-15(14)13-20/h5-10,12H,3-4,11,13H2,1-2H3. The lowest BCUT2D eigenvalue weighted by Crippen LogP contribution is -2.39. The number of anilines is 1. The van der Waals surface area contributed by atoms with E-state index in [4.69, 9.17) is 4.74 Å². The molecule has 0 atom stereocenters. The number of nitrogens with zero attached hydrogens (tertiary/aromatic N) is 3. The fraction of sp³-hybridized carbons (Fsp3) is 0.353. The molecular formula is C17H21N3O. The van der Waals surface area contributed by atoms with Gasteiger partial charge in [0.05, 0.1) is 12.8 Å². The highest BCUT2D eigenvalue weighted by atomic mass is 16.5. The molecule has 0 unspecified atom stereocenters. The lowest BCUT2D eigenvalue weighted by atomic mass is 10.0. The summed E-state index contributed by atoms with van der Waals surface area (Å²) in [5.41, 5.74) is 3.95. The van der Waals surface area contributed by atoms with Crippen molar-refractivity contribution in [2.24, 2.45) is 0 Å². The second-order valence-electron chi connectivity index (χ2n) is 5.36. The summed E-state index contributed by atoms with van der Waals surface area (Å²) in [4.78, 5) is 4.09. The van der Waals surface area contributed by atoms with Crippen LogP contribution >= 0.6 is 0 Å². The van der Waals surface area contributed by atoms with Crippen molar-refractivity contribution in [1.29, 1.82) is 0 Å². The fourth-order valence-corrected chi connectivity index (χ4v) is 2.82. The number of aryl methyl sites for hydroxylation is 1. The summed E-state index contributed by atoms with van der Waals surface area (Å²) in [6.07, 6.45) is 5.92. The van der Waals surface area contributed by atoms with Gasteiger partial charge in [-0.3, -0.25) is 4.98 Å². The molecular weight excluding hydrogens is 262 g/mol. The zero-order valence-electron chi connectivity index (χ0n) is 12.6. The molecule has 0 saturated carbocycles. The van der Waals surface area contributed by atoms with Gasteiger partial charge in [0.1, 0.15) is 5.75 Å². The third-order valence-electron chi connectivity index (χ3n) is 4.09. The van der Waals surface area contributed by atoms with Crippen LogP contribution in [0.1, 0.15) is 17.5 Å². The molecule has 2 heterocycles. The van der Waals surface area contributed by atoms with Crippen LogP contribution in [0.15, 0.2) is 42.7 Å². The van der Waals surface area contributed by atoms with Gasteiger partial charge < -0.3 is 9.75 Å². The van der Waals surface area contributed by atoms with Gasteiger partial charge in [0, 0.05) is 32.5 Å². The van der Waals surface area contributed by atoms with E-state index in [1.807, 2.05) is 24.5 Å². The van der Waals surface area contributed by atoms with E-state index in [9.17, 15) is 0 Å². The quantitative estimate of drug-likeness (QED) is 0.866. The molecule has 0 fully saturated rings. The Balaban J connectivity index is 1.82. The van der Waals surface area contributed by atoms with Crippen molar-refractivity contribution in [1.82, 2.24) is 9.99 Å². The second-order valence-corrected chi connectivity index (χ2v) is 5.36. The summed E-state index contributed by atoms with van der Waals surface area (Å²) in [6.45, 7) is 1.98. The zero-order valence-corrected chi connectivity index (χ0v) is 12.6. The number of pyridine rings is 1. The van der Waals surface area contributed by atoms with Gasteiger partial charge in [-0.1, -0.05) is 6.07 Å². The zero-order chi connectivity index (χ0) is 14.7. The molecule has 0 spiro atoms. The Kier molecular flexibility index (Phi) is 4.06. The van der Waals surface area contributed by atoms with E-state index in [2.05, 4.69) is 40.2 Å². The average molecular weight is 283 g/mol. The van der Waals surface area contributed by atoms with Crippen molar-refractivity contribution in [3.8, 4) is 5.75 Å². The molecule has 110 valence electrons. The first-order valence-corrected chi connectivity index (χ1v) is 7.32. The third-order valence-corrected chi connectivity index (χ3v) is 4.09. The highest BCUT2D eigenvalue weighted by Crippen LogP contribution is 2.25. The number of ether oxygens (including phenoxy) is 1. The molecule has 4 nitrogen and oxygen atoms in total. The van der Waals surface area contributed by atoms with Gasteiger partial charge in [-0.25, -0.2) is 5.01 Å². The Morgan fingerprint density at radius 2 is 1.95 bits per heavy atom. The number of fused-ring (bicyclic) bond motifs is 1. The molecule has 0 radical (unpaired) electrons. The Morgan fingerprint density at radius 1 is 1.14 bits per heavy atom. The molecule has 21 heavy (non-hydrogen) atoms. The third kappa shape index (κ3) is 3.00. The maximum absolute atomic E-state index is 5.33. The topological polar surface area (TPSA) is 28.6 Å². The second kappa shape index (κ2) is 6.14. The Morgan fingerprint density at radius 3 is 2.71 bits per heavy atom. The number of methoxy groups -OCH3 is 1. The molecule has 0 bridgehead atoms. The van der Waals surface area contributed by atoms with E-state index in [0.717, 1.165) is 31.7 Å². The van der Waals surface area contributed by atoms with Gasteiger partial charge in [0.2, 0.25) is 0 Å². The van der Waals surface area contributed by atoms with Crippen LogP contribution in [0.5, 0.6) is 5.75 Å². The van der Waals surface area contributed by atoms with E-state index in [-0.39, 0.29) is 0 Å². The largest absolute Gasteiger partial charge is 0.497 e. The maximum Gasteiger partial charge on any atom is 0.119 e. The summed E-state index contributed by atoms with van der Waals surface area (Å²) in [5, 5.41) is 4.61. The Hall–Kier alpha value is -2.07. The summed E-state index contributed by atoms with van der Waals surface area (Å²) in [6, 6.07) is 10.5. The van der Waals surface area contributed by atoms with Crippen LogP contribution in [0.4, 0.5) is 5.69 Å². The van der Waals surface area contributed by atoms with E-state index in [1.165, 1.54) is 16.8 Å². The minimum Gasteiger partial charge on any atom is -0.497 e. The maximum atomic E-state index is 5.33. The van der Waals surface area contributed by atoms with E-state index in [0.29, 0.717) is 0 Å².